The number of hydrogen-bond donors (Lipinski definition) is 2. The van der Waals surface area contributed by atoms with E-state index in [2.05, 4.69) is 29.2 Å². The Balaban J connectivity index is 2.82. The molecule has 4 nitrogen and oxygen atoms in total. The van der Waals surface area contributed by atoms with Gasteiger partial charge in [0.15, 0.2) is 0 Å². The first-order valence-corrected chi connectivity index (χ1v) is 5.44. The van der Waals surface area contributed by atoms with E-state index < -0.39 is 0 Å². The molecule has 0 saturated heterocycles. The lowest BCUT2D eigenvalue weighted by Gasteiger charge is -2.22. The molecule has 4 heteroatoms. The molecule has 0 aromatic carbocycles. The van der Waals surface area contributed by atoms with Crippen LogP contribution in [0.3, 0.4) is 0 Å². The Kier molecular flexibility index (Phi) is 4.65. The number of hydrogen-bond acceptors (Lipinski definition) is 4. The Morgan fingerprint density at radius 3 is 2.80 bits per heavy atom. The first-order chi connectivity index (χ1) is 7.19. The van der Waals surface area contributed by atoms with Gasteiger partial charge in [0.2, 0.25) is 0 Å². The van der Waals surface area contributed by atoms with Gasteiger partial charge in [0.1, 0.15) is 5.82 Å². The second-order valence-electron chi connectivity index (χ2n) is 3.94. The third kappa shape index (κ3) is 3.25. The molecule has 0 bridgehead atoms. The maximum atomic E-state index is 5.58. The van der Waals surface area contributed by atoms with E-state index in [9.17, 15) is 0 Å². The van der Waals surface area contributed by atoms with Crippen molar-refractivity contribution in [1.29, 1.82) is 0 Å². The molecule has 1 heterocycles. The van der Waals surface area contributed by atoms with Gasteiger partial charge < -0.3 is 0 Å². The average molecular weight is 208 g/mol. The summed E-state index contributed by atoms with van der Waals surface area (Å²) in [5, 5.41) is 0. The van der Waals surface area contributed by atoms with Crippen molar-refractivity contribution in [2.45, 2.75) is 39.7 Å². The molecule has 84 valence electrons. The summed E-state index contributed by atoms with van der Waals surface area (Å²) < 4.78 is 0. The first-order valence-electron chi connectivity index (χ1n) is 5.44. The molecule has 0 amide bonds. The average Bonchev–Trinajstić information content (AvgIpc) is 2.19. The number of nitrogens with one attached hydrogen (secondary N) is 1. The molecule has 3 N–H and O–H groups in total. The van der Waals surface area contributed by atoms with Gasteiger partial charge in [-0.15, -0.1) is 0 Å². The van der Waals surface area contributed by atoms with Gasteiger partial charge in [0.25, 0.3) is 0 Å². The summed E-state index contributed by atoms with van der Waals surface area (Å²) in [5.74, 6) is 6.84. The van der Waals surface area contributed by atoms with E-state index >= 15 is 0 Å². The van der Waals surface area contributed by atoms with Crippen molar-refractivity contribution in [2.24, 2.45) is 11.8 Å². The van der Waals surface area contributed by atoms with Crippen LogP contribution in [-0.4, -0.2) is 9.97 Å². The summed E-state index contributed by atoms with van der Waals surface area (Å²) in [7, 11) is 0. The Bertz CT molecular complexity index is 300. The molecule has 15 heavy (non-hydrogen) atoms. The van der Waals surface area contributed by atoms with Gasteiger partial charge in [-0.25, -0.2) is 9.97 Å². The van der Waals surface area contributed by atoms with Gasteiger partial charge in [0.05, 0.1) is 11.7 Å². The van der Waals surface area contributed by atoms with Crippen LogP contribution in [0.25, 0.3) is 0 Å². The topological polar surface area (TPSA) is 63.8 Å². The Morgan fingerprint density at radius 1 is 1.53 bits per heavy atom. The van der Waals surface area contributed by atoms with E-state index in [0.717, 1.165) is 24.4 Å². The Labute approximate surface area is 91.3 Å². The molecule has 1 aromatic heterocycles. The molecule has 0 fully saturated rings. The molecule has 2 atom stereocenters. The number of nitrogens with zero attached hydrogens (tertiary/aromatic N) is 2. The van der Waals surface area contributed by atoms with E-state index in [-0.39, 0.29) is 6.04 Å². The van der Waals surface area contributed by atoms with E-state index in [1.165, 1.54) is 0 Å². The normalized spacial score (nSPS) is 14.9. The van der Waals surface area contributed by atoms with Crippen molar-refractivity contribution < 1.29 is 0 Å². The van der Waals surface area contributed by atoms with Crippen molar-refractivity contribution in [3.63, 3.8) is 0 Å². The van der Waals surface area contributed by atoms with Crippen LogP contribution in [0.5, 0.6) is 0 Å². The second kappa shape index (κ2) is 5.78. The predicted octanol–water partition coefficient (Wildman–Crippen LogP) is 1.73. The van der Waals surface area contributed by atoms with Crippen LogP contribution < -0.4 is 11.3 Å². The smallest absolute Gasteiger partial charge is 0.125 e. The predicted molar refractivity (Wildman–Crippen MR) is 60.9 cm³/mol. The van der Waals surface area contributed by atoms with Crippen molar-refractivity contribution in [3.8, 4) is 0 Å². The Morgan fingerprint density at radius 2 is 2.27 bits per heavy atom. The lowest BCUT2D eigenvalue weighted by atomic mass is 9.95. The number of hydrazine groups is 1. The third-order valence-corrected chi connectivity index (χ3v) is 2.61. The van der Waals surface area contributed by atoms with Crippen LogP contribution in [0.2, 0.25) is 0 Å². The van der Waals surface area contributed by atoms with Crippen LogP contribution in [-0.2, 0) is 0 Å². The monoisotopic (exact) mass is 208 g/mol. The number of nitrogens with two attached hydrogens (primary N) is 1. The zero-order valence-corrected chi connectivity index (χ0v) is 9.70. The maximum Gasteiger partial charge on any atom is 0.125 e. The van der Waals surface area contributed by atoms with Crippen LogP contribution >= 0.6 is 0 Å². The molecule has 0 spiro atoms. The third-order valence-electron chi connectivity index (χ3n) is 2.61. The van der Waals surface area contributed by atoms with Crippen LogP contribution in [0.4, 0.5) is 0 Å². The highest BCUT2D eigenvalue weighted by Crippen LogP contribution is 2.22. The maximum absolute atomic E-state index is 5.58. The first kappa shape index (κ1) is 12.1. The van der Waals surface area contributed by atoms with Gasteiger partial charge in [-0.1, -0.05) is 20.3 Å². The summed E-state index contributed by atoms with van der Waals surface area (Å²) >= 11 is 0. The highest BCUT2D eigenvalue weighted by atomic mass is 15.2. The summed E-state index contributed by atoms with van der Waals surface area (Å²) in [6.07, 6.45) is 4.07. The fourth-order valence-corrected chi connectivity index (χ4v) is 1.81. The molecule has 1 aromatic rings. The number of aromatic nitrogens is 2. The molecule has 0 saturated carbocycles. The minimum Gasteiger partial charge on any atom is -0.271 e. The van der Waals surface area contributed by atoms with Crippen molar-refractivity contribution in [2.75, 3.05) is 0 Å². The zero-order valence-electron chi connectivity index (χ0n) is 9.70. The molecule has 0 aliphatic rings. The van der Waals surface area contributed by atoms with Crippen LogP contribution in [0.15, 0.2) is 12.3 Å². The highest BCUT2D eigenvalue weighted by molar-refractivity contribution is 5.08. The molecule has 1 rings (SSSR count). The molecule has 0 aliphatic carbocycles. The van der Waals surface area contributed by atoms with Gasteiger partial charge in [-0.3, -0.25) is 11.3 Å². The number of rotatable bonds is 5. The van der Waals surface area contributed by atoms with E-state index in [0.29, 0.717) is 5.92 Å². The highest BCUT2D eigenvalue weighted by Gasteiger charge is 2.18. The summed E-state index contributed by atoms with van der Waals surface area (Å²) in [6, 6.07) is 2.04. The minimum absolute atomic E-state index is 0.117. The van der Waals surface area contributed by atoms with Gasteiger partial charge in [-0.2, -0.15) is 0 Å². The van der Waals surface area contributed by atoms with Gasteiger partial charge >= 0.3 is 0 Å². The van der Waals surface area contributed by atoms with Crippen molar-refractivity contribution in [3.05, 3.63) is 23.8 Å². The van der Waals surface area contributed by atoms with Gasteiger partial charge in [0, 0.05) is 6.20 Å². The van der Waals surface area contributed by atoms with E-state index in [4.69, 9.17) is 5.84 Å². The standard InChI is InChI=1S/C11H20N4/c1-4-5-8(2)11(15-12)10-6-7-13-9(3)14-10/h6-8,11,15H,4-5,12H2,1-3H3. The molecular formula is C11H20N4. The van der Waals surface area contributed by atoms with Gasteiger partial charge in [-0.05, 0) is 25.3 Å². The molecule has 0 aliphatic heterocycles. The lowest BCUT2D eigenvalue weighted by molar-refractivity contribution is 0.360. The molecular weight excluding hydrogens is 188 g/mol. The van der Waals surface area contributed by atoms with Crippen molar-refractivity contribution in [1.82, 2.24) is 15.4 Å². The van der Waals surface area contributed by atoms with E-state index in [1.54, 1.807) is 6.20 Å². The quantitative estimate of drug-likeness (QED) is 0.571. The minimum atomic E-state index is 0.117. The second-order valence-corrected chi connectivity index (χ2v) is 3.94. The lowest BCUT2D eigenvalue weighted by Crippen LogP contribution is -2.33. The van der Waals surface area contributed by atoms with E-state index in [1.807, 2.05) is 13.0 Å². The van der Waals surface area contributed by atoms with Crippen LogP contribution in [0.1, 0.15) is 44.2 Å². The number of aryl methyl sites for hydroxylation is 1. The fourth-order valence-electron chi connectivity index (χ4n) is 1.81. The summed E-state index contributed by atoms with van der Waals surface area (Å²) in [4.78, 5) is 8.48. The van der Waals surface area contributed by atoms with Crippen molar-refractivity contribution >= 4 is 0 Å². The zero-order chi connectivity index (χ0) is 11.3. The molecule has 2 unspecified atom stereocenters. The largest absolute Gasteiger partial charge is 0.271 e. The Hall–Kier alpha value is -1.00. The SMILES string of the molecule is CCCC(C)C(NN)c1ccnc(C)n1. The fraction of sp³-hybridized carbons (Fsp3) is 0.636. The molecule has 0 radical (unpaired) electrons. The summed E-state index contributed by atoms with van der Waals surface area (Å²) in [6.45, 7) is 6.25. The van der Waals surface area contributed by atoms with Crippen LogP contribution in [0, 0.1) is 12.8 Å². The summed E-state index contributed by atoms with van der Waals surface area (Å²) in [5.41, 5.74) is 3.82.